The number of sulfone groups is 1. The highest BCUT2D eigenvalue weighted by atomic mass is 32.2. The van der Waals surface area contributed by atoms with Gasteiger partial charge in [0, 0.05) is 16.0 Å². The van der Waals surface area contributed by atoms with E-state index in [0.717, 1.165) is 28.0 Å². The second-order valence-electron chi connectivity index (χ2n) is 6.39. The van der Waals surface area contributed by atoms with Gasteiger partial charge >= 0.3 is 5.97 Å². The Balaban J connectivity index is 1.80. The van der Waals surface area contributed by atoms with Gasteiger partial charge in [0.15, 0.2) is 20.7 Å². The van der Waals surface area contributed by atoms with Gasteiger partial charge in [0.1, 0.15) is 28.7 Å². The highest BCUT2D eigenvalue weighted by Crippen LogP contribution is 2.40. The number of carbonyl (C=O) groups is 3. The van der Waals surface area contributed by atoms with Gasteiger partial charge in [-0.2, -0.15) is 0 Å². The first kappa shape index (κ1) is 23.3. The number of thiazole rings is 1. The molecule has 2 amide bonds. The number of aliphatic carboxylic acids is 1. The van der Waals surface area contributed by atoms with E-state index in [4.69, 9.17) is 16.5 Å². The molecule has 3 rings (SSSR count). The van der Waals surface area contributed by atoms with E-state index in [1.165, 1.54) is 5.38 Å². The van der Waals surface area contributed by atoms with E-state index in [2.05, 4.69) is 25.5 Å². The normalized spacial score (nSPS) is 20.8. The van der Waals surface area contributed by atoms with Gasteiger partial charge < -0.3 is 21.4 Å². The minimum atomic E-state index is -3.94. The van der Waals surface area contributed by atoms with Crippen LogP contribution in [-0.4, -0.2) is 80.9 Å². The number of fused-ring (bicyclic) bond motifs is 1. The van der Waals surface area contributed by atoms with Crippen molar-refractivity contribution in [2.45, 2.75) is 11.4 Å². The predicted molar refractivity (Wildman–Crippen MR) is 112 cm³/mol. The van der Waals surface area contributed by atoms with Crippen LogP contribution in [0.4, 0.5) is 5.13 Å². The van der Waals surface area contributed by atoms with Crippen LogP contribution < -0.4 is 11.1 Å². The number of β-lactam (4-membered cyclic amide) rings is 1. The summed E-state index contributed by atoms with van der Waals surface area (Å²) in [6, 6.07) is -1.14. The van der Waals surface area contributed by atoms with Crippen molar-refractivity contribution in [2.75, 3.05) is 23.1 Å². The molecule has 1 aromatic heterocycles. The second-order valence-corrected chi connectivity index (χ2v) is 10.4. The number of oxime groups is 1. The summed E-state index contributed by atoms with van der Waals surface area (Å²) >= 11 is 2.05. The SMILES string of the molecule is [N-]=[N+]=NCS(=O)(=O)CC1=C(C(=O)O)N2C(=O)C(NC(=O)/C(=N\O)c3csc(N)n3)[C@H]2SC1. The van der Waals surface area contributed by atoms with Crippen LogP contribution in [0.25, 0.3) is 10.4 Å². The topological polar surface area (TPSA) is 241 Å². The molecule has 2 aliphatic heterocycles. The number of nitrogens with two attached hydrogens (primary N) is 1. The smallest absolute Gasteiger partial charge is 0.352 e. The average molecular weight is 503 g/mol. The zero-order chi connectivity index (χ0) is 23.6. The van der Waals surface area contributed by atoms with Gasteiger partial charge in [0.2, 0.25) is 0 Å². The molecule has 1 unspecified atom stereocenters. The first-order chi connectivity index (χ1) is 15.1. The van der Waals surface area contributed by atoms with Gasteiger partial charge in [-0.25, -0.2) is 18.2 Å². The van der Waals surface area contributed by atoms with Crippen LogP contribution in [0, 0.1) is 0 Å². The summed E-state index contributed by atoms with van der Waals surface area (Å²) in [5.74, 6) is -4.85. The maximum Gasteiger partial charge on any atom is 0.352 e. The largest absolute Gasteiger partial charge is 0.477 e. The van der Waals surface area contributed by atoms with Crippen molar-refractivity contribution >= 4 is 61.6 Å². The minimum Gasteiger partial charge on any atom is -0.477 e. The number of carbonyl (C=O) groups excluding carboxylic acids is 2. The van der Waals surface area contributed by atoms with Gasteiger partial charge in [-0.15, -0.1) is 23.1 Å². The highest BCUT2D eigenvalue weighted by Gasteiger charge is 2.54. The van der Waals surface area contributed by atoms with Crippen molar-refractivity contribution in [2.24, 2.45) is 10.3 Å². The molecule has 0 saturated carbocycles. The Morgan fingerprint density at radius 1 is 1.47 bits per heavy atom. The number of carboxylic acids is 1. The number of aromatic nitrogens is 1. The molecule has 0 radical (unpaired) electrons. The van der Waals surface area contributed by atoms with Gasteiger partial charge in [0.25, 0.3) is 11.8 Å². The van der Waals surface area contributed by atoms with Crippen LogP contribution in [0.5, 0.6) is 0 Å². The highest BCUT2D eigenvalue weighted by molar-refractivity contribution is 8.00. The molecule has 0 spiro atoms. The molecule has 18 heteroatoms. The quantitative estimate of drug-likeness (QED) is 0.0664. The lowest BCUT2D eigenvalue weighted by Gasteiger charge is -2.49. The van der Waals surface area contributed by atoms with Crippen molar-refractivity contribution in [1.82, 2.24) is 15.2 Å². The van der Waals surface area contributed by atoms with E-state index in [-0.39, 0.29) is 22.2 Å². The summed E-state index contributed by atoms with van der Waals surface area (Å²) in [6.45, 7) is 0. The lowest BCUT2D eigenvalue weighted by molar-refractivity contribution is -0.150. The Kier molecular flexibility index (Phi) is 6.58. The Morgan fingerprint density at radius 2 is 2.19 bits per heavy atom. The van der Waals surface area contributed by atoms with Crippen LogP contribution in [-0.2, 0) is 24.2 Å². The van der Waals surface area contributed by atoms with Crippen molar-refractivity contribution in [3.63, 3.8) is 0 Å². The Hall–Kier alpha value is -3.34. The number of azide groups is 1. The summed E-state index contributed by atoms with van der Waals surface area (Å²) in [4.78, 5) is 44.0. The predicted octanol–water partition coefficient (Wildman–Crippen LogP) is -0.675. The number of nitrogens with one attached hydrogen (secondary N) is 1. The maximum absolute atomic E-state index is 12.6. The van der Waals surface area contributed by atoms with Gasteiger partial charge in [0.05, 0.1) is 5.75 Å². The number of hydrogen-bond donors (Lipinski definition) is 4. The molecule has 5 N–H and O–H groups in total. The summed E-state index contributed by atoms with van der Waals surface area (Å²) in [5.41, 5.74) is 12.8. The summed E-state index contributed by atoms with van der Waals surface area (Å²) in [5, 5.41) is 27.7. The number of thioether (sulfide) groups is 1. The molecule has 32 heavy (non-hydrogen) atoms. The fourth-order valence-electron chi connectivity index (χ4n) is 3.04. The van der Waals surface area contributed by atoms with E-state index in [9.17, 15) is 27.9 Å². The third-order valence-corrected chi connectivity index (χ3v) is 7.64. The molecule has 0 aromatic carbocycles. The molecule has 0 aliphatic carbocycles. The number of carboxylic acid groups (broad SMARTS) is 1. The summed E-state index contributed by atoms with van der Waals surface area (Å²) in [7, 11) is -3.94. The summed E-state index contributed by atoms with van der Waals surface area (Å²) in [6.07, 6.45) is 0. The van der Waals surface area contributed by atoms with Crippen LogP contribution in [0.15, 0.2) is 26.9 Å². The molecule has 0 bridgehead atoms. The van der Waals surface area contributed by atoms with E-state index < -0.39 is 62.1 Å². The number of nitrogens with zero attached hydrogens (tertiary/aromatic N) is 6. The summed E-state index contributed by atoms with van der Waals surface area (Å²) < 4.78 is 24.1. The fourth-order valence-corrected chi connectivity index (χ4v) is 6.15. The lowest BCUT2D eigenvalue weighted by Crippen LogP contribution is -2.71. The molecule has 2 atom stereocenters. The zero-order valence-electron chi connectivity index (χ0n) is 15.8. The van der Waals surface area contributed by atoms with Crippen molar-refractivity contribution in [3.8, 4) is 0 Å². The molecule has 2 aliphatic rings. The third-order valence-electron chi connectivity index (χ3n) is 4.33. The van der Waals surface area contributed by atoms with Crippen LogP contribution in [0.3, 0.4) is 0 Å². The van der Waals surface area contributed by atoms with Gasteiger partial charge in [-0.3, -0.25) is 14.5 Å². The first-order valence-electron chi connectivity index (χ1n) is 8.45. The molecule has 170 valence electrons. The monoisotopic (exact) mass is 502 g/mol. The van der Waals surface area contributed by atoms with E-state index in [1.807, 2.05) is 0 Å². The number of nitrogen functional groups attached to an aromatic ring is 1. The number of amides is 2. The van der Waals surface area contributed by atoms with Gasteiger partial charge in [-0.1, -0.05) is 10.3 Å². The van der Waals surface area contributed by atoms with Crippen molar-refractivity contribution in [3.05, 3.63) is 32.8 Å². The van der Waals surface area contributed by atoms with Crippen LogP contribution in [0.2, 0.25) is 0 Å². The zero-order valence-corrected chi connectivity index (χ0v) is 18.2. The molecule has 1 fully saturated rings. The first-order valence-corrected chi connectivity index (χ1v) is 12.2. The molecule has 15 nitrogen and oxygen atoms in total. The Bertz CT molecular complexity index is 1200. The van der Waals surface area contributed by atoms with Crippen LogP contribution >= 0.6 is 23.1 Å². The second kappa shape index (κ2) is 9.03. The average Bonchev–Trinajstić information content (AvgIpc) is 3.16. The molecule has 3 heterocycles. The van der Waals surface area contributed by atoms with Crippen molar-refractivity contribution in [1.29, 1.82) is 0 Å². The van der Waals surface area contributed by atoms with E-state index in [1.54, 1.807) is 0 Å². The number of hydrogen-bond acceptors (Lipinski definition) is 12. The van der Waals surface area contributed by atoms with Crippen molar-refractivity contribution < 1.29 is 33.1 Å². The lowest BCUT2D eigenvalue weighted by atomic mass is 10.0. The third kappa shape index (κ3) is 4.47. The van der Waals surface area contributed by atoms with E-state index in [0.29, 0.717) is 0 Å². The minimum absolute atomic E-state index is 0.00827. The maximum atomic E-state index is 12.6. The molecule has 1 saturated heterocycles. The van der Waals surface area contributed by atoms with E-state index >= 15 is 0 Å². The standard InChI is InChI=1S/C14H14N8O7S3/c15-14-18-6(2-31-14)7(20-27)10(23)19-8-11(24)22-9(13(25)26)5(1-30-12(8)22)3-32(28,29)4-17-21-16/h2,8,12,27H,1,3-4H2,(H2,15,18)(H,19,23)(H,25,26)/b20-7-/t8?,12-/m1/s1. The van der Waals surface area contributed by atoms with Gasteiger partial charge in [-0.05, 0) is 11.1 Å². The number of rotatable bonds is 8. The Morgan fingerprint density at radius 3 is 2.75 bits per heavy atom. The fraction of sp³-hybridized carbons (Fsp3) is 0.357. The molecular formula is C14H14N8O7S3. The van der Waals surface area contributed by atoms with Crippen LogP contribution in [0.1, 0.15) is 5.69 Å². The molecule has 1 aromatic rings. The Labute approximate surface area is 187 Å². The molecular weight excluding hydrogens is 488 g/mol. The number of anilines is 1.